The van der Waals surface area contributed by atoms with Gasteiger partial charge in [-0.05, 0) is 43.9 Å². The molecule has 1 fully saturated rings. The van der Waals surface area contributed by atoms with Gasteiger partial charge in [0.1, 0.15) is 16.8 Å². The number of rotatable bonds is 3. The molecule has 140 valence electrons. The van der Waals surface area contributed by atoms with Crippen molar-refractivity contribution in [2.45, 2.75) is 37.2 Å². The molecule has 7 nitrogen and oxygen atoms in total. The van der Waals surface area contributed by atoms with E-state index in [1.165, 1.54) is 12.3 Å². The molecule has 0 aromatic carbocycles. The Bertz CT molecular complexity index is 942. The largest absolute Gasteiger partial charge is 0.477 e. The maximum atomic E-state index is 12.7. The molecule has 2 aromatic rings. The first kappa shape index (κ1) is 18.0. The summed E-state index contributed by atoms with van der Waals surface area (Å²) in [6.07, 6.45) is 3.49. The number of carboxylic acids is 1. The molecule has 2 aliphatic rings. The first-order valence-electron chi connectivity index (χ1n) is 8.43. The molecule has 27 heavy (non-hydrogen) atoms. The SMILES string of the molecule is O=C(O)c1ccc2c(n1)C1(CCC(Oc3ncc(Cl)cc3Cl)CC1)C(=O)N2. The molecule has 2 N–H and O–H groups in total. The standard InChI is InChI=1S/C18H15Cl2N3O4/c19-9-7-11(20)15(21-8-9)27-10-3-5-18(6-4-10)14-12(23-17(18)26)1-2-13(22-14)16(24)25/h1-2,7-8,10H,3-6H2,(H,23,26)(H,24,25). The lowest BCUT2D eigenvalue weighted by molar-refractivity contribution is -0.122. The van der Waals surface area contributed by atoms with E-state index in [4.69, 9.17) is 27.9 Å². The van der Waals surface area contributed by atoms with Crippen LogP contribution in [0.15, 0.2) is 24.4 Å². The normalized spacial score (nSPS) is 23.8. The number of hydrogen-bond acceptors (Lipinski definition) is 5. The predicted molar refractivity (Wildman–Crippen MR) is 98.6 cm³/mol. The molecule has 0 saturated heterocycles. The summed E-state index contributed by atoms with van der Waals surface area (Å²) in [6, 6.07) is 4.55. The molecule has 9 heteroatoms. The Balaban J connectivity index is 1.54. The van der Waals surface area contributed by atoms with Crippen LogP contribution in [0.5, 0.6) is 5.88 Å². The van der Waals surface area contributed by atoms with Crippen LogP contribution in [0.2, 0.25) is 10.0 Å². The Kier molecular flexibility index (Phi) is 4.44. The zero-order chi connectivity index (χ0) is 19.2. The van der Waals surface area contributed by atoms with E-state index in [1.54, 1.807) is 12.1 Å². The summed E-state index contributed by atoms with van der Waals surface area (Å²) in [5.41, 5.74) is 0.193. The molecule has 0 unspecified atom stereocenters. The average Bonchev–Trinajstić information content (AvgIpc) is 2.90. The van der Waals surface area contributed by atoms with E-state index in [-0.39, 0.29) is 17.7 Å². The average molecular weight is 408 g/mol. The number of aromatic nitrogens is 2. The zero-order valence-electron chi connectivity index (χ0n) is 14.0. The minimum Gasteiger partial charge on any atom is -0.477 e. The van der Waals surface area contributed by atoms with Gasteiger partial charge in [0.25, 0.3) is 0 Å². The van der Waals surface area contributed by atoms with Crippen molar-refractivity contribution in [3.8, 4) is 5.88 Å². The second-order valence-corrected chi connectivity index (χ2v) is 7.54. The maximum Gasteiger partial charge on any atom is 0.354 e. The molecule has 0 atom stereocenters. The van der Waals surface area contributed by atoms with E-state index in [1.807, 2.05) is 0 Å². The van der Waals surface area contributed by atoms with Crippen LogP contribution in [0.3, 0.4) is 0 Å². The third-order valence-corrected chi connectivity index (χ3v) is 5.57. The molecule has 3 heterocycles. The molecule has 0 bridgehead atoms. The van der Waals surface area contributed by atoms with Crippen LogP contribution in [0.1, 0.15) is 41.9 Å². The van der Waals surface area contributed by atoms with Gasteiger partial charge in [-0.25, -0.2) is 14.8 Å². The van der Waals surface area contributed by atoms with Crippen molar-refractivity contribution in [1.29, 1.82) is 0 Å². The lowest BCUT2D eigenvalue weighted by atomic mass is 9.71. The third kappa shape index (κ3) is 3.11. The molecular formula is C18H15Cl2N3O4. The number of pyridine rings is 2. The lowest BCUT2D eigenvalue weighted by Gasteiger charge is -2.34. The highest BCUT2D eigenvalue weighted by Crippen LogP contribution is 2.47. The number of carbonyl (C=O) groups is 2. The summed E-state index contributed by atoms with van der Waals surface area (Å²) in [5.74, 6) is -0.953. The lowest BCUT2D eigenvalue weighted by Crippen LogP contribution is -2.41. The fourth-order valence-corrected chi connectivity index (χ4v) is 4.13. The monoisotopic (exact) mass is 407 g/mol. The highest BCUT2D eigenvalue weighted by atomic mass is 35.5. The van der Waals surface area contributed by atoms with Gasteiger partial charge in [-0.1, -0.05) is 23.2 Å². The van der Waals surface area contributed by atoms with Gasteiger partial charge in [-0.15, -0.1) is 0 Å². The van der Waals surface area contributed by atoms with Gasteiger partial charge in [0.05, 0.1) is 21.8 Å². The van der Waals surface area contributed by atoms with E-state index in [9.17, 15) is 14.7 Å². The highest BCUT2D eigenvalue weighted by molar-refractivity contribution is 6.35. The van der Waals surface area contributed by atoms with Crippen LogP contribution >= 0.6 is 23.2 Å². The highest BCUT2D eigenvalue weighted by Gasteiger charge is 2.50. The molecule has 1 saturated carbocycles. The number of nitrogens with one attached hydrogen (secondary N) is 1. The Morgan fingerprint density at radius 3 is 2.70 bits per heavy atom. The Morgan fingerprint density at radius 2 is 2.04 bits per heavy atom. The summed E-state index contributed by atoms with van der Waals surface area (Å²) in [5, 5.41) is 12.8. The number of aromatic carboxylic acids is 1. The fraction of sp³-hybridized carbons (Fsp3) is 0.333. The smallest absolute Gasteiger partial charge is 0.354 e. The fourth-order valence-electron chi connectivity index (χ4n) is 3.71. The molecule has 1 spiro atoms. The zero-order valence-corrected chi connectivity index (χ0v) is 15.5. The van der Waals surface area contributed by atoms with Gasteiger partial charge >= 0.3 is 5.97 Å². The van der Waals surface area contributed by atoms with Gasteiger partial charge in [-0.2, -0.15) is 0 Å². The van der Waals surface area contributed by atoms with Crippen molar-refractivity contribution in [3.05, 3.63) is 45.8 Å². The van der Waals surface area contributed by atoms with Gasteiger partial charge in [0.2, 0.25) is 11.8 Å². The van der Waals surface area contributed by atoms with E-state index in [2.05, 4.69) is 15.3 Å². The van der Waals surface area contributed by atoms with Gasteiger partial charge in [0, 0.05) is 6.20 Å². The van der Waals surface area contributed by atoms with E-state index >= 15 is 0 Å². The molecular weight excluding hydrogens is 393 g/mol. The minimum absolute atomic E-state index is 0.0693. The number of nitrogens with zero attached hydrogens (tertiary/aromatic N) is 2. The summed E-state index contributed by atoms with van der Waals surface area (Å²) in [6.45, 7) is 0. The summed E-state index contributed by atoms with van der Waals surface area (Å²) in [7, 11) is 0. The van der Waals surface area contributed by atoms with E-state index in [0.717, 1.165) is 0 Å². The van der Waals surface area contributed by atoms with Gasteiger partial charge in [-0.3, -0.25) is 4.79 Å². The van der Waals surface area contributed by atoms with Crippen LogP contribution in [-0.4, -0.2) is 33.1 Å². The number of hydrogen-bond donors (Lipinski definition) is 2. The quantitative estimate of drug-likeness (QED) is 0.803. The Morgan fingerprint density at radius 1 is 1.30 bits per heavy atom. The van der Waals surface area contributed by atoms with Crippen LogP contribution in [0.25, 0.3) is 0 Å². The molecule has 0 radical (unpaired) electrons. The van der Waals surface area contributed by atoms with Gasteiger partial charge in [0.15, 0.2) is 0 Å². The number of carbonyl (C=O) groups excluding carboxylic acids is 1. The summed E-state index contributed by atoms with van der Waals surface area (Å²) < 4.78 is 5.88. The second kappa shape index (κ2) is 6.65. The third-order valence-electron chi connectivity index (χ3n) is 5.09. The molecule has 1 amide bonds. The van der Waals surface area contributed by atoms with Crippen LogP contribution in [-0.2, 0) is 10.2 Å². The van der Waals surface area contributed by atoms with Gasteiger partial charge < -0.3 is 15.2 Å². The van der Waals surface area contributed by atoms with E-state index < -0.39 is 11.4 Å². The number of carboxylic acid groups (broad SMARTS) is 1. The topological polar surface area (TPSA) is 101 Å². The Hall–Kier alpha value is -2.38. The molecule has 1 aliphatic heterocycles. The number of anilines is 1. The first-order valence-corrected chi connectivity index (χ1v) is 9.18. The van der Waals surface area contributed by atoms with Crippen molar-refractivity contribution in [1.82, 2.24) is 9.97 Å². The number of fused-ring (bicyclic) bond motifs is 2. The van der Waals surface area contributed by atoms with Crippen LogP contribution < -0.4 is 10.1 Å². The number of ether oxygens (including phenoxy) is 1. The minimum atomic E-state index is -1.12. The summed E-state index contributed by atoms with van der Waals surface area (Å²) in [4.78, 5) is 32.2. The maximum absolute atomic E-state index is 12.7. The number of amides is 1. The van der Waals surface area contributed by atoms with E-state index in [0.29, 0.717) is 53.0 Å². The Labute approximate surface area is 164 Å². The second-order valence-electron chi connectivity index (χ2n) is 6.69. The van der Waals surface area contributed by atoms with Crippen molar-refractivity contribution >= 4 is 40.8 Å². The molecule has 4 rings (SSSR count). The van der Waals surface area contributed by atoms with Crippen LogP contribution in [0, 0.1) is 0 Å². The van der Waals surface area contributed by atoms with Crippen molar-refractivity contribution in [3.63, 3.8) is 0 Å². The predicted octanol–water partition coefficient (Wildman–Crippen LogP) is 3.69. The van der Waals surface area contributed by atoms with Crippen molar-refractivity contribution in [2.24, 2.45) is 0 Å². The molecule has 1 aliphatic carbocycles. The van der Waals surface area contributed by atoms with Crippen molar-refractivity contribution < 1.29 is 19.4 Å². The summed E-state index contributed by atoms with van der Waals surface area (Å²) >= 11 is 11.9. The number of halogens is 2. The first-order chi connectivity index (χ1) is 12.9. The van der Waals surface area contributed by atoms with Crippen molar-refractivity contribution in [2.75, 3.05) is 5.32 Å². The molecule has 2 aromatic heterocycles. The van der Waals surface area contributed by atoms with Crippen LogP contribution in [0.4, 0.5) is 5.69 Å².